The maximum atomic E-state index is 12.7. The lowest BCUT2D eigenvalue weighted by Crippen LogP contribution is -2.37. The van der Waals surface area contributed by atoms with E-state index in [1.807, 2.05) is 12.2 Å². The summed E-state index contributed by atoms with van der Waals surface area (Å²) in [6, 6.07) is 0. The molecule has 13 heteroatoms. The van der Waals surface area contributed by atoms with Gasteiger partial charge in [0, 0.05) is 45.0 Å². The number of aliphatic imine (C=N–C) groups is 1. The zero-order chi connectivity index (χ0) is 28.3. The molecule has 0 aromatic carbocycles. The van der Waals surface area contributed by atoms with Gasteiger partial charge >= 0.3 is 17.8 Å². The molecular weight excluding hydrogens is 505 g/mol. The molecule has 2 N–H and O–H groups in total. The van der Waals surface area contributed by atoms with Crippen molar-refractivity contribution in [2.75, 3.05) is 27.2 Å². The average molecular weight is 543 g/mol. The number of hydrogen-bond acceptors (Lipinski definition) is 6. The van der Waals surface area contributed by atoms with Crippen LogP contribution in [0.4, 0.5) is 19.0 Å². The molecule has 0 aliphatic carbocycles. The van der Waals surface area contributed by atoms with Crippen LogP contribution in [0.1, 0.15) is 64.2 Å². The third-order valence-corrected chi connectivity index (χ3v) is 5.98. The van der Waals surface area contributed by atoms with E-state index >= 15 is 0 Å². The number of nitrogens with one attached hydrogen (secondary N) is 2. The predicted molar refractivity (Wildman–Crippen MR) is 138 cm³/mol. The lowest BCUT2D eigenvalue weighted by atomic mass is 10.0. The third kappa shape index (κ3) is 9.92. The second kappa shape index (κ2) is 14.6. The van der Waals surface area contributed by atoms with E-state index in [0.29, 0.717) is 50.1 Å². The van der Waals surface area contributed by atoms with Crippen molar-refractivity contribution in [3.05, 3.63) is 28.3 Å². The summed E-state index contributed by atoms with van der Waals surface area (Å²) in [4.78, 5) is 45.8. The highest BCUT2D eigenvalue weighted by molar-refractivity contribution is 5.92. The smallest absolute Gasteiger partial charge is 0.369 e. The Morgan fingerprint density at radius 2 is 1.87 bits per heavy atom. The SMILES string of the molecule is CC[C@H]1O[C@@H](n2cc(/C=C/C(=O)NCCCCCCNC(=O)C(F)(F)F)c(N=CN(C)C)nc2=O)CC1C. The Hall–Kier alpha value is -3.22. The van der Waals surface area contributed by atoms with Crippen LogP contribution >= 0.6 is 0 Å². The quantitative estimate of drug-likeness (QED) is 0.171. The highest BCUT2D eigenvalue weighted by Gasteiger charge is 2.38. The van der Waals surface area contributed by atoms with Gasteiger partial charge in [-0.2, -0.15) is 18.2 Å². The van der Waals surface area contributed by atoms with Crippen LogP contribution in [0.3, 0.4) is 0 Å². The van der Waals surface area contributed by atoms with Gasteiger partial charge in [-0.3, -0.25) is 14.2 Å². The Kier molecular flexibility index (Phi) is 11.9. The number of ether oxygens (including phenoxy) is 1. The van der Waals surface area contributed by atoms with Crippen molar-refractivity contribution in [2.24, 2.45) is 10.9 Å². The van der Waals surface area contributed by atoms with Crippen LogP contribution in [0.15, 0.2) is 22.1 Å². The molecule has 1 saturated heterocycles. The molecule has 212 valence electrons. The van der Waals surface area contributed by atoms with E-state index in [2.05, 4.69) is 22.2 Å². The first-order valence-electron chi connectivity index (χ1n) is 12.7. The number of alkyl halides is 3. The number of carbonyl (C=O) groups is 2. The van der Waals surface area contributed by atoms with Crippen molar-refractivity contribution < 1.29 is 27.5 Å². The van der Waals surface area contributed by atoms with Gasteiger partial charge in [-0.25, -0.2) is 9.79 Å². The van der Waals surface area contributed by atoms with E-state index in [4.69, 9.17) is 4.74 Å². The molecule has 1 unspecified atom stereocenters. The van der Waals surface area contributed by atoms with E-state index in [1.165, 1.54) is 17.0 Å². The Morgan fingerprint density at radius 3 is 2.45 bits per heavy atom. The summed E-state index contributed by atoms with van der Waals surface area (Å²) in [6.45, 7) is 4.45. The lowest BCUT2D eigenvalue weighted by Gasteiger charge is -2.16. The Labute approximate surface area is 220 Å². The average Bonchev–Trinajstić information content (AvgIpc) is 3.22. The topological polar surface area (TPSA) is 118 Å². The first-order chi connectivity index (χ1) is 17.9. The monoisotopic (exact) mass is 542 g/mol. The molecule has 0 radical (unpaired) electrons. The second-order valence-corrected chi connectivity index (χ2v) is 9.46. The fourth-order valence-electron chi connectivity index (χ4n) is 3.95. The fourth-order valence-corrected chi connectivity index (χ4v) is 3.95. The number of aromatic nitrogens is 2. The summed E-state index contributed by atoms with van der Waals surface area (Å²) in [6.07, 6.45) is 4.61. The molecule has 2 rings (SSSR count). The molecule has 38 heavy (non-hydrogen) atoms. The molecule has 2 amide bonds. The van der Waals surface area contributed by atoms with E-state index in [0.717, 1.165) is 6.42 Å². The molecule has 0 spiro atoms. The standard InChI is InChI=1S/C25H37F3N6O4/c1-5-19-17(2)14-21(38-19)34-15-18(22(32-24(34)37)31-16-33(3)4)10-11-20(35)29-12-8-6-7-9-13-30-23(36)25(26,27)28/h10-11,15-17,19,21H,5-9,12-14H2,1-4H3,(H,29,35)(H,30,36)/b11-10+,31-16?/t17?,19-,21-/m1/s1. The molecule has 0 bridgehead atoms. The number of amides is 2. The van der Waals surface area contributed by atoms with E-state index < -0.39 is 24.0 Å². The van der Waals surface area contributed by atoms with E-state index in [-0.39, 0.29) is 24.4 Å². The summed E-state index contributed by atoms with van der Waals surface area (Å²) in [5, 5.41) is 4.57. The third-order valence-electron chi connectivity index (χ3n) is 5.98. The highest BCUT2D eigenvalue weighted by Crippen LogP contribution is 2.34. The minimum atomic E-state index is -4.87. The van der Waals surface area contributed by atoms with Crippen LogP contribution in [0.25, 0.3) is 6.08 Å². The molecule has 0 saturated carbocycles. The molecule has 1 aromatic rings. The van der Waals surface area contributed by atoms with Gasteiger partial charge in [0.2, 0.25) is 5.91 Å². The first kappa shape index (κ1) is 31.0. The van der Waals surface area contributed by atoms with Gasteiger partial charge < -0.3 is 20.3 Å². The van der Waals surface area contributed by atoms with Gasteiger partial charge in [0.05, 0.1) is 12.4 Å². The zero-order valence-electron chi connectivity index (χ0n) is 22.3. The second-order valence-electron chi connectivity index (χ2n) is 9.46. The zero-order valence-corrected chi connectivity index (χ0v) is 22.3. The maximum Gasteiger partial charge on any atom is 0.471 e. The maximum absolute atomic E-state index is 12.7. The first-order valence-corrected chi connectivity index (χ1v) is 12.7. The normalized spacial score (nSPS) is 19.8. The summed E-state index contributed by atoms with van der Waals surface area (Å²) in [5.41, 5.74) is -0.000566. The largest absolute Gasteiger partial charge is 0.471 e. The molecule has 3 atom stereocenters. The molecule has 10 nitrogen and oxygen atoms in total. The molecule has 1 aliphatic rings. The van der Waals surface area contributed by atoms with Crippen LogP contribution in [-0.4, -0.2) is 72.1 Å². The molecule has 1 aromatic heterocycles. The minimum Gasteiger partial charge on any atom is -0.369 e. The van der Waals surface area contributed by atoms with Crippen molar-refractivity contribution in [3.63, 3.8) is 0 Å². The minimum absolute atomic E-state index is 0.0494. The van der Waals surface area contributed by atoms with Crippen molar-refractivity contribution in [1.82, 2.24) is 25.1 Å². The van der Waals surface area contributed by atoms with Crippen molar-refractivity contribution in [2.45, 2.75) is 70.9 Å². The van der Waals surface area contributed by atoms with E-state index in [1.54, 1.807) is 31.3 Å². The van der Waals surface area contributed by atoms with Crippen LogP contribution in [-0.2, 0) is 14.3 Å². The molecule has 1 aliphatic heterocycles. The number of halogens is 3. The number of nitrogens with zero attached hydrogens (tertiary/aromatic N) is 4. The number of hydrogen-bond donors (Lipinski definition) is 2. The van der Waals surface area contributed by atoms with Gasteiger partial charge in [0.25, 0.3) is 0 Å². The van der Waals surface area contributed by atoms with Crippen molar-refractivity contribution in [1.29, 1.82) is 0 Å². The molecule has 2 heterocycles. The Balaban J connectivity index is 1.93. The molecule has 1 fully saturated rings. The van der Waals surface area contributed by atoms with Crippen LogP contribution < -0.4 is 16.3 Å². The van der Waals surface area contributed by atoms with Gasteiger partial charge in [-0.15, -0.1) is 0 Å². The number of rotatable bonds is 13. The van der Waals surface area contributed by atoms with Gasteiger partial charge in [0.15, 0.2) is 5.82 Å². The van der Waals surface area contributed by atoms with Gasteiger partial charge in [0.1, 0.15) is 6.23 Å². The van der Waals surface area contributed by atoms with Crippen LogP contribution in [0, 0.1) is 5.92 Å². The van der Waals surface area contributed by atoms with Crippen LogP contribution in [0.5, 0.6) is 0 Å². The fraction of sp³-hybridized carbons (Fsp3) is 0.640. The number of carbonyl (C=O) groups excluding carboxylic acids is 2. The summed E-state index contributed by atoms with van der Waals surface area (Å²) >= 11 is 0. The van der Waals surface area contributed by atoms with Crippen LogP contribution in [0.2, 0.25) is 0 Å². The Bertz CT molecular complexity index is 1050. The van der Waals surface area contributed by atoms with Crippen molar-refractivity contribution in [3.8, 4) is 0 Å². The highest BCUT2D eigenvalue weighted by atomic mass is 19.4. The number of unbranched alkanes of at least 4 members (excludes halogenated alkanes) is 3. The molecular formula is C25H37F3N6O4. The lowest BCUT2D eigenvalue weighted by molar-refractivity contribution is -0.173. The summed E-state index contributed by atoms with van der Waals surface area (Å²) in [5.74, 6) is -1.81. The van der Waals surface area contributed by atoms with Gasteiger partial charge in [-0.05, 0) is 37.7 Å². The Morgan fingerprint density at radius 1 is 1.21 bits per heavy atom. The van der Waals surface area contributed by atoms with Gasteiger partial charge in [-0.1, -0.05) is 26.7 Å². The van der Waals surface area contributed by atoms with Crippen molar-refractivity contribution >= 4 is 30.0 Å². The summed E-state index contributed by atoms with van der Waals surface area (Å²) in [7, 11) is 3.57. The van der Waals surface area contributed by atoms with E-state index in [9.17, 15) is 27.6 Å². The summed E-state index contributed by atoms with van der Waals surface area (Å²) < 4.78 is 43.8. The predicted octanol–water partition coefficient (Wildman–Crippen LogP) is 3.17.